The fourth-order valence-electron chi connectivity index (χ4n) is 3.26. The van der Waals surface area contributed by atoms with Crippen LogP contribution in [-0.4, -0.2) is 51.9 Å². The Bertz CT molecular complexity index is 1000. The third kappa shape index (κ3) is 4.33. The van der Waals surface area contributed by atoms with Gasteiger partial charge in [-0.25, -0.2) is 4.39 Å². The lowest BCUT2D eigenvalue weighted by Gasteiger charge is -2.27. The number of morpholine rings is 1. The highest BCUT2D eigenvalue weighted by atomic mass is 32.2. The smallest absolute Gasteiger partial charge is 0.254 e. The molecule has 1 fully saturated rings. The van der Waals surface area contributed by atoms with Crippen molar-refractivity contribution in [1.29, 1.82) is 0 Å². The number of nitrogens with zero attached hydrogens (tertiary/aromatic N) is 4. The van der Waals surface area contributed by atoms with Crippen molar-refractivity contribution in [1.82, 2.24) is 19.7 Å². The first-order valence-electron chi connectivity index (χ1n) is 9.39. The minimum absolute atomic E-state index is 0.0284. The van der Waals surface area contributed by atoms with Crippen LogP contribution >= 0.6 is 11.8 Å². The molecule has 29 heavy (non-hydrogen) atoms. The van der Waals surface area contributed by atoms with Gasteiger partial charge in [-0.1, -0.05) is 30.0 Å². The third-order valence-corrected chi connectivity index (χ3v) is 5.76. The summed E-state index contributed by atoms with van der Waals surface area (Å²) in [6.07, 6.45) is 0. The van der Waals surface area contributed by atoms with Crippen molar-refractivity contribution in [3.8, 4) is 5.69 Å². The highest BCUT2D eigenvalue weighted by molar-refractivity contribution is 7.98. The highest BCUT2D eigenvalue weighted by Gasteiger charge is 2.21. The summed E-state index contributed by atoms with van der Waals surface area (Å²) in [7, 11) is 0. The van der Waals surface area contributed by atoms with Gasteiger partial charge in [0.25, 0.3) is 5.91 Å². The van der Waals surface area contributed by atoms with Crippen LogP contribution in [0.1, 0.15) is 21.7 Å². The largest absolute Gasteiger partial charge is 0.378 e. The van der Waals surface area contributed by atoms with Gasteiger partial charge in [0.2, 0.25) is 0 Å². The van der Waals surface area contributed by atoms with Gasteiger partial charge in [0.1, 0.15) is 11.6 Å². The van der Waals surface area contributed by atoms with E-state index in [0.717, 1.165) is 17.1 Å². The van der Waals surface area contributed by atoms with Crippen LogP contribution in [0.2, 0.25) is 0 Å². The quantitative estimate of drug-likeness (QED) is 0.601. The Morgan fingerprint density at radius 2 is 1.83 bits per heavy atom. The van der Waals surface area contributed by atoms with Crippen LogP contribution in [-0.2, 0) is 10.5 Å². The van der Waals surface area contributed by atoms with Crippen LogP contribution in [0.15, 0.2) is 53.7 Å². The van der Waals surface area contributed by atoms with Gasteiger partial charge < -0.3 is 9.64 Å². The third-order valence-electron chi connectivity index (χ3n) is 4.78. The normalized spacial score (nSPS) is 14.2. The van der Waals surface area contributed by atoms with E-state index in [2.05, 4.69) is 10.2 Å². The van der Waals surface area contributed by atoms with Crippen LogP contribution in [0.4, 0.5) is 4.39 Å². The van der Waals surface area contributed by atoms with Crippen molar-refractivity contribution >= 4 is 17.7 Å². The highest BCUT2D eigenvalue weighted by Crippen LogP contribution is 2.27. The molecule has 8 heteroatoms. The second-order valence-corrected chi connectivity index (χ2v) is 7.63. The minimum Gasteiger partial charge on any atom is -0.378 e. The molecule has 0 aliphatic carbocycles. The van der Waals surface area contributed by atoms with Gasteiger partial charge >= 0.3 is 0 Å². The second kappa shape index (κ2) is 8.75. The minimum atomic E-state index is -0.288. The van der Waals surface area contributed by atoms with E-state index in [0.29, 0.717) is 42.8 Å². The van der Waals surface area contributed by atoms with Gasteiger partial charge in [-0.05, 0) is 42.8 Å². The summed E-state index contributed by atoms with van der Waals surface area (Å²) >= 11 is 1.50. The molecule has 1 aliphatic heterocycles. The summed E-state index contributed by atoms with van der Waals surface area (Å²) in [5.41, 5.74) is 2.45. The van der Waals surface area contributed by atoms with Crippen LogP contribution in [0.25, 0.3) is 5.69 Å². The van der Waals surface area contributed by atoms with Gasteiger partial charge in [0.05, 0.1) is 13.2 Å². The summed E-state index contributed by atoms with van der Waals surface area (Å²) < 4.78 is 20.5. The van der Waals surface area contributed by atoms with Crippen LogP contribution < -0.4 is 0 Å². The topological polar surface area (TPSA) is 60.3 Å². The number of aryl methyl sites for hydroxylation is 1. The molecule has 0 N–H and O–H groups in total. The molecule has 3 aromatic rings. The molecule has 150 valence electrons. The molecular weight excluding hydrogens is 391 g/mol. The average molecular weight is 412 g/mol. The predicted octanol–water partition coefficient (Wildman–Crippen LogP) is 3.48. The van der Waals surface area contributed by atoms with Gasteiger partial charge in [-0.3, -0.25) is 9.36 Å². The molecule has 1 amide bonds. The van der Waals surface area contributed by atoms with Crippen LogP contribution in [0, 0.1) is 12.7 Å². The average Bonchev–Trinajstić information content (AvgIpc) is 3.13. The molecular formula is C21H21FN4O2S. The molecule has 0 saturated carbocycles. The summed E-state index contributed by atoms with van der Waals surface area (Å²) in [5, 5.41) is 9.13. The zero-order valence-corrected chi connectivity index (χ0v) is 16.9. The van der Waals surface area contributed by atoms with Crippen molar-refractivity contribution in [2.45, 2.75) is 17.8 Å². The Balaban J connectivity index is 1.55. The maximum Gasteiger partial charge on any atom is 0.254 e. The lowest BCUT2D eigenvalue weighted by molar-refractivity contribution is 0.0302. The SMILES string of the molecule is Cc1nnc(SCc2ccccc2C(=O)N2CCOCC2)n1-c1ccc(F)cc1. The van der Waals surface area contributed by atoms with E-state index in [1.807, 2.05) is 40.7 Å². The van der Waals surface area contributed by atoms with Gasteiger partial charge in [0.15, 0.2) is 5.16 Å². The molecule has 4 rings (SSSR count). The molecule has 0 bridgehead atoms. The Morgan fingerprint density at radius 3 is 2.59 bits per heavy atom. The maximum absolute atomic E-state index is 13.3. The van der Waals surface area contributed by atoms with Gasteiger partial charge in [0, 0.05) is 30.1 Å². The van der Waals surface area contributed by atoms with E-state index in [1.165, 1.54) is 23.9 Å². The Morgan fingerprint density at radius 1 is 1.10 bits per heavy atom. The van der Waals surface area contributed by atoms with Crippen molar-refractivity contribution in [2.24, 2.45) is 0 Å². The van der Waals surface area contributed by atoms with Gasteiger partial charge in [-0.15, -0.1) is 10.2 Å². The van der Waals surface area contributed by atoms with Crippen molar-refractivity contribution in [2.75, 3.05) is 26.3 Å². The van der Waals surface area contributed by atoms with E-state index >= 15 is 0 Å². The Kier molecular flexibility index (Phi) is 5.92. The molecule has 2 aromatic carbocycles. The number of aromatic nitrogens is 3. The van der Waals surface area contributed by atoms with Crippen LogP contribution in [0.3, 0.4) is 0 Å². The molecule has 0 unspecified atom stereocenters. The first-order valence-corrected chi connectivity index (χ1v) is 10.4. The molecule has 6 nitrogen and oxygen atoms in total. The van der Waals surface area contributed by atoms with E-state index in [-0.39, 0.29) is 11.7 Å². The standard InChI is InChI=1S/C21H21FN4O2S/c1-15-23-24-21(26(15)18-8-6-17(22)7-9-18)29-14-16-4-2-3-5-19(16)20(27)25-10-12-28-13-11-25/h2-9H,10-14H2,1H3. The molecule has 0 spiro atoms. The number of hydrogen-bond acceptors (Lipinski definition) is 5. The van der Waals surface area contributed by atoms with Crippen molar-refractivity contribution < 1.29 is 13.9 Å². The number of halogens is 1. The molecule has 2 heterocycles. The predicted molar refractivity (Wildman–Crippen MR) is 109 cm³/mol. The van der Waals surface area contributed by atoms with Crippen LogP contribution in [0.5, 0.6) is 0 Å². The van der Waals surface area contributed by atoms with E-state index in [1.54, 1.807) is 12.1 Å². The molecule has 1 aromatic heterocycles. The van der Waals surface area contributed by atoms with E-state index in [4.69, 9.17) is 4.74 Å². The Labute approximate surface area is 172 Å². The van der Waals surface area contributed by atoms with Crippen molar-refractivity contribution in [3.05, 3.63) is 71.3 Å². The fraction of sp³-hybridized carbons (Fsp3) is 0.286. The summed E-state index contributed by atoms with van der Waals surface area (Å²) in [6.45, 7) is 4.22. The molecule has 1 aliphatic rings. The first-order chi connectivity index (χ1) is 14.1. The van der Waals surface area contributed by atoms with Gasteiger partial charge in [-0.2, -0.15) is 0 Å². The number of hydrogen-bond donors (Lipinski definition) is 0. The monoisotopic (exact) mass is 412 g/mol. The lowest BCUT2D eigenvalue weighted by Crippen LogP contribution is -2.41. The number of rotatable bonds is 5. The maximum atomic E-state index is 13.3. The number of ether oxygens (including phenoxy) is 1. The lowest BCUT2D eigenvalue weighted by atomic mass is 10.1. The Hall–Kier alpha value is -2.71. The first kappa shape index (κ1) is 19.6. The summed E-state index contributed by atoms with van der Waals surface area (Å²) in [5.74, 6) is 1.03. The zero-order chi connectivity index (χ0) is 20.2. The number of carbonyl (C=O) groups is 1. The summed E-state index contributed by atoms with van der Waals surface area (Å²) in [4.78, 5) is 14.8. The second-order valence-electron chi connectivity index (χ2n) is 6.69. The number of carbonyl (C=O) groups excluding carboxylic acids is 1. The molecule has 0 atom stereocenters. The summed E-state index contributed by atoms with van der Waals surface area (Å²) in [6, 6.07) is 13.9. The molecule has 1 saturated heterocycles. The number of thioether (sulfide) groups is 1. The van der Waals surface area contributed by atoms with E-state index < -0.39 is 0 Å². The fourth-order valence-corrected chi connectivity index (χ4v) is 4.26. The molecule has 0 radical (unpaired) electrons. The zero-order valence-electron chi connectivity index (χ0n) is 16.0. The van der Waals surface area contributed by atoms with E-state index in [9.17, 15) is 9.18 Å². The van der Waals surface area contributed by atoms with Crippen molar-refractivity contribution in [3.63, 3.8) is 0 Å². The number of benzene rings is 2. The number of amides is 1.